The van der Waals surface area contributed by atoms with Crippen LogP contribution in [0.25, 0.3) is 0 Å². The number of rotatable bonds is 3. The smallest absolute Gasteiger partial charge is 0.240 e. The predicted octanol–water partition coefficient (Wildman–Crippen LogP) is 0.541. The lowest BCUT2D eigenvalue weighted by Gasteiger charge is -2.21. The van der Waals surface area contributed by atoms with Gasteiger partial charge < -0.3 is 10.0 Å². The van der Waals surface area contributed by atoms with Gasteiger partial charge in [-0.25, -0.2) is 13.6 Å². The van der Waals surface area contributed by atoms with E-state index in [0.29, 0.717) is 12.2 Å². The highest BCUT2D eigenvalue weighted by atomic mass is 32.2. The number of sulfonamides is 1. The van der Waals surface area contributed by atoms with E-state index in [1.54, 1.807) is 25.1 Å². The predicted molar refractivity (Wildman–Crippen MR) is 69.8 cm³/mol. The molecular weight excluding hydrogens is 252 g/mol. The van der Waals surface area contributed by atoms with Gasteiger partial charge in [-0.05, 0) is 25.5 Å². The standard InChI is InChI=1S/C12H18N2O3S/c1-9(15)10-6-7-14(8-10)11-4-2-3-5-12(11)18(13,16)17/h2-5,9-10,15H,6-8H2,1H3,(H2,13,16,17). The second kappa shape index (κ2) is 4.87. The first kappa shape index (κ1) is 13.3. The number of aliphatic hydroxyl groups is 1. The Morgan fingerprint density at radius 2 is 2.11 bits per heavy atom. The van der Waals surface area contributed by atoms with Crippen LogP contribution in [0.4, 0.5) is 5.69 Å². The van der Waals surface area contributed by atoms with Gasteiger partial charge in [-0.3, -0.25) is 0 Å². The Morgan fingerprint density at radius 1 is 1.44 bits per heavy atom. The van der Waals surface area contributed by atoms with Crippen LogP contribution in [0, 0.1) is 5.92 Å². The highest BCUT2D eigenvalue weighted by molar-refractivity contribution is 7.89. The number of benzene rings is 1. The van der Waals surface area contributed by atoms with Gasteiger partial charge in [-0.15, -0.1) is 0 Å². The Labute approximate surface area is 107 Å². The number of nitrogens with two attached hydrogens (primary N) is 1. The molecule has 1 aliphatic heterocycles. The molecule has 1 fully saturated rings. The van der Waals surface area contributed by atoms with Gasteiger partial charge in [0.2, 0.25) is 10.0 Å². The van der Waals surface area contributed by atoms with E-state index in [1.165, 1.54) is 6.07 Å². The monoisotopic (exact) mass is 270 g/mol. The first-order valence-electron chi connectivity index (χ1n) is 5.94. The number of aliphatic hydroxyl groups excluding tert-OH is 1. The van der Waals surface area contributed by atoms with Gasteiger partial charge in [0.05, 0.1) is 11.8 Å². The summed E-state index contributed by atoms with van der Waals surface area (Å²) in [6.45, 7) is 3.16. The average molecular weight is 270 g/mol. The average Bonchev–Trinajstić information content (AvgIpc) is 2.77. The van der Waals surface area contributed by atoms with Crippen molar-refractivity contribution in [3.8, 4) is 0 Å². The van der Waals surface area contributed by atoms with Crippen molar-refractivity contribution < 1.29 is 13.5 Å². The molecule has 18 heavy (non-hydrogen) atoms. The molecule has 2 unspecified atom stereocenters. The van der Waals surface area contributed by atoms with E-state index >= 15 is 0 Å². The zero-order valence-electron chi connectivity index (χ0n) is 10.3. The lowest BCUT2D eigenvalue weighted by Crippen LogP contribution is -2.26. The van der Waals surface area contributed by atoms with Crippen molar-refractivity contribution in [2.75, 3.05) is 18.0 Å². The van der Waals surface area contributed by atoms with Gasteiger partial charge in [0.1, 0.15) is 4.90 Å². The van der Waals surface area contributed by atoms with Crippen LogP contribution >= 0.6 is 0 Å². The molecule has 1 saturated heterocycles. The zero-order chi connectivity index (χ0) is 13.3. The van der Waals surface area contributed by atoms with Crippen molar-refractivity contribution in [3.05, 3.63) is 24.3 Å². The summed E-state index contributed by atoms with van der Waals surface area (Å²) in [5, 5.41) is 14.8. The fourth-order valence-electron chi connectivity index (χ4n) is 2.36. The number of hydrogen-bond acceptors (Lipinski definition) is 4. The summed E-state index contributed by atoms with van der Waals surface area (Å²) < 4.78 is 23.1. The third kappa shape index (κ3) is 2.66. The number of para-hydroxylation sites is 1. The maximum atomic E-state index is 11.5. The SMILES string of the molecule is CC(O)C1CCN(c2ccccc2S(N)(=O)=O)C1. The van der Waals surface area contributed by atoms with E-state index in [1.807, 2.05) is 4.90 Å². The Morgan fingerprint density at radius 3 is 2.67 bits per heavy atom. The second-order valence-corrected chi connectivity index (χ2v) is 6.28. The summed E-state index contributed by atoms with van der Waals surface area (Å²) in [4.78, 5) is 2.12. The minimum absolute atomic E-state index is 0.149. The van der Waals surface area contributed by atoms with Crippen LogP contribution in [0.2, 0.25) is 0 Å². The van der Waals surface area contributed by atoms with Gasteiger partial charge in [-0.1, -0.05) is 12.1 Å². The molecule has 1 aromatic rings. The van der Waals surface area contributed by atoms with Gasteiger partial charge in [0.25, 0.3) is 0 Å². The van der Waals surface area contributed by atoms with Crippen LogP contribution in [0.1, 0.15) is 13.3 Å². The third-order valence-electron chi connectivity index (χ3n) is 3.42. The van der Waals surface area contributed by atoms with Crippen LogP contribution in [-0.4, -0.2) is 32.7 Å². The van der Waals surface area contributed by atoms with Crippen LogP contribution in [0.3, 0.4) is 0 Å². The number of hydrogen-bond donors (Lipinski definition) is 2. The molecule has 6 heteroatoms. The Hall–Kier alpha value is -1.11. The molecule has 0 amide bonds. The number of nitrogens with zero attached hydrogens (tertiary/aromatic N) is 1. The molecular formula is C12H18N2O3S. The lowest BCUT2D eigenvalue weighted by molar-refractivity contribution is 0.136. The molecule has 5 nitrogen and oxygen atoms in total. The summed E-state index contributed by atoms with van der Waals surface area (Å²) in [5.41, 5.74) is 0.628. The molecule has 3 N–H and O–H groups in total. The van der Waals surface area contributed by atoms with E-state index in [9.17, 15) is 13.5 Å². The first-order chi connectivity index (χ1) is 8.39. The minimum atomic E-state index is -3.71. The van der Waals surface area contributed by atoms with E-state index < -0.39 is 10.0 Å². The van der Waals surface area contributed by atoms with Gasteiger partial charge in [-0.2, -0.15) is 0 Å². The first-order valence-corrected chi connectivity index (χ1v) is 7.49. The normalized spacial score (nSPS) is 22.2. The van der Waals surface area contributed by atoms with E-state index in [4.69, 9.17) is 5.14 Å². The van der Waals surface area contributed by atoms with E-state index in [0.717, 1.165) is 13.0 Å². The number of anilines is 1. The summed E-state index contributed by atoms with van der Waals surface area (Å²) in [6.07, 6.45) is 0.480. The van der Waals surface area contributed by atoms with Crippen molar-refractivity contribution in [1.29, 1.82) is 0 Å². The van der Waals surface area contributed by atoms with Crippen LogP contribution in [0.15, 0.2) is 29.2 Å². The molecule has 0 radical (unpaired) electrons. The van der Waals surface area contributed by atoms with Crippen LogP contribution < -0.4 is 10.0 Å². The summed E-state index contributed by atoms with van der Waals surface area (Å²) in [5.74, 6) is 0.179. The van der Waals surface area contributed by atoms with Crippen molar-refractivity contribution in [2.24, 2.45) is 11.1 Å². The topological polar surface area (TPSA) is 83.6 Å². The number of primary sulfonamides is 1. The maximum Gasteiger partial charge on any atom is 0.240 e. The Balaban J connectivity index is 2.31. The molecule has 0 saturated carbocycles. The fourth-order valence-corrected chi connectivity index (χ4v) is 3.12. The van der Waals surface area contributed by atoms with Crippen molar-refractivity contribution in [2.45, 2.75) is 24.3 Å². The molecule has 1 aromatic carbocycles. The summed E-state index contributed by atoms with van der Waals surface area (Å²) in [7, 11) is -3.71. The highest BCUT2D eigenvalue weighted by Gasteiger charge is 2.28. The van der Waals surface area contributed by atoms with Crippen molar-refractivity contribution >= 4 is 15.7 Å². The van der Waals surface area contributed by atoms with Crippen LogP contribution in [0.5, 0.6) is 0 Å². The quantitative estimate of drug-likeness (QED) is 0.839. The summed E-state index contributed by atoms with van der Waals surface area (Å²) in [6, 6.07) is 6.72. The maximum absolute atomic E-state index is 11.5. The molecule has 1 heterocycles. The molecule has 0 spiro atoms. The molecule has 2 rings (SSSR count). The molecule has 0 aliphatic carbocycles. The van der Waals surface area contributed by atoms with Crippen LogP contribution in [-0.2, 0) is 10.0 Å². The Kier molecular flexibility index (Phi) is 3.61. The molecule has 2 atom stereocenters. The van der Waals surface area contributed by atoms with E-state index in [2.05, 4.69) is 0 Å². The fraction of sp³-hybridized carbons (Fsp3) is 0.500. The van der Waals surface area contributed by atoms with Gasteiger partial charge in [0.15, 0.2) is 0 Å². The molecule has 1 aliphatic rings. The lowest BCUT2D eigenvalue weighted by atomic mass is 10.0. The van der Waals surface area contributed by atoms with Gasteiger partial charge >= 0.3 is 0 Å². The van der Waals surface area contributed by atoms with Crippen molar-refractivity contribution in [3.63, 3.8) is 0 Å². The molecule has 0 bridgehead atoms. The second-order valence-electron chi connectivity index (χ2n) is 4.75. The Bertz CT molecular complexity index is 528. The zero-order valence-corrected chi connectivity index (χ0v) is 11.1. The summed E-state index contributed by atoms with van der Waals surface area (Å²) >= 11 is 0. The van der Waals surface area contributed by atoms with Crippen molar-refractivity contribution in [1.82, 2.24) is 0 Å². The molecule has 100 valence electrons. The van der Waals surface area contributed by atoms with Gasteiger partial charge in [0, 0.05) is 19.0 Å². The third-order valence-corrected chi connectivity index (χ3v) is 4.38. The largest absolute Gasteiger partial charge is 0.393 e. The minimum Gasteiger partial charge on any atom is -0.393 e. The molecule has 0 aromatic heterocycles. The van der Waals surface area contributed by atoms with E-state index in [-0.39, 0.29) is 16.9 Å². The highest BCUT2D eigenvalue weighted by Crippen LogP contribution is 2.30.